The minimum atomic E-state index is 0.238. The minimum Gasteiger partial charge on any atom is -0.241 e. The molecule has 0 radical (unpaired) electrons. The molecule has 2 rings (SSSR count). The minimum absolute atomic E-state index is 0.238. The molecule has 1 aromatic carbocycles. The number of halogens is 1. The first-order chi connectivity index (χ1) is 6.75. The number of hydrogen-bond donors (Lipinski definition) is 0. The predicted molar refractivity (Wildman–Crippen MR) is 63.3 cm³/mol. The van der Waals surface area contributed by atoms with Crippen LogP contribution in [0.25, 0.3) is 10.2 Å². The van der Waals surface area contributed by atoms with Crippen molar-refractivity contribution in [2.75, 3.05) is 0 Å². The molecule has 0 N–H and O–H groups in total. The molecule has 74 valence electrons. The van der Waals surface area contributed by atoms with Crippen LogP contribution in [-0.4, -0.2) is 10.4 Å². The molecule has 1 atom stereocenters. The Morgan fingerprint density at radius 2 is 2.21 bits per heavy atom. The first kappa shape index (κ1) is 9.94. The van der Waals surface area contributed by atoms with E-state index in [-0.39, 0.29) is 5.38 Å². The molecule has 0 spiro atoms. The van der Waals surface area contributed by atoms with E-state index < -0.39 is 0 Å². The lowest BCUT2D eigenvalue weighted by Gasteiger charge is -1.97. The molecule has 0 aliphatic rings. The van der Waals surface area contributed by atoms with Gasteiger partial charge in [0, 0.05) is 11.8 Å². The van der Waals surface area contributed by atoms with E-state index in [1.54, 1.807) is 11.3 Å². The van der Waals surface area contributed by atoms with Crippen molar-refractivity contribution in [1.29, 1.82) is 0 Å². The smallest absolute Gasteiger partial charge is 0.0939 e. The van der Waals surface area contributed by atoms with Crippen LogP contribution in [0.4, 0.5) is 0 Å². The van der Waals surface area contributed by atoms with Crippen molar-refractivity contribution in [3.63, 3.8) is 0 Å². The van der Waals surface area contributed by atoms with Crippen LogP contribution in [0.2, 0.25) is 0 Å². The van der Waals surface area contributed by atoms with Gasteiger partial charge >= 0.3 is 0 Å². The standard InChI is InChI=1S/C11H12ClNS/c1-8(12)6-7-11-13-9-4-2-3-5-10(9)14-11/h2-5,8H,6-7H2,1H3. The number of alkyl halides is 1. The van der Waals surface area contributed by atoms with Gasteiger partial charge < -0.3 is 0 Å². The van der Waals surface area contributed by atoms with Gasteiger partial charge in [0.15, 0.2) is 0 Å². The summed E-state index contributed by atoms with van der Waals surface area (Å²) in [5.74, 6) is 0. The molecular weight excluding hydrogens is 214 g/mol. The molecular formula is C11H12ClNS. The average Bonchev–Trinajstić information content (AvgIpc) is 2.57. The van der Waals surface area contributed by atoms with Crippen molar-refractivity contribution < 1.29 is 0 Å². The summed E-state index contributed by atoms with van der Waals surface area (Å²) in [4.78, 5) is 4.54. The predicted octanol–water partition coefficient (Wildman–Crippen LogP) is 3.86. The third-order valence-electron chi connectivity index (χ3n) is 2.09. The monoisotopic (exact) mass is 225 g/mol. The van der Waals surface area contributed by atoms with Gasteiger partial charge in [-0.25, -0.2) is 4.98 Å². The summed E-state index contributed by atoms with van der Waals surface area (Å²) in [6.07, 6.45) is 1.99. The van der Waals surface area contributed by atoms with Gasteiger partial charge in [0.05, 0.1) is 15.2 Å². The molecule has 3 heteroatoms. The Labute approximate surface area is 92.7 Å². The fourth-order valence-corrected chi connectivity index (χ4v) is 2.44. The number of aryl methyl sites for hydroxylation is 1. The van der Waals surface area contributed by atoms with E-state index in [4.69, 9.17) is 11.6 Å². The van der Waals surface area contributed by atoms with E-state index in [2.05, 4.69) is 23.2 Å². The van der Waals surface area contributed by atoms with E-state index in [1.807, 2.05) is 13.0 Å². The summed E-state index contributed by atoms with van der Waals surface area (Å²) < 4.78 is 1.27. The normalized spacial score (nSPS) is 13.3. The Balaban J connectivity index is 2.19. The molecule has 1 nitrogen and oxygen atoms in total. The van der Waals surface area contributed by atoms with Crippen LogP contribution in [0.3, 0.4) is 0 Å². The molecule has 0 saturated heterocycles. The van der Waals surface area contributed by atoms with Crippen LogP contribution in [0.5, 0.6) is 0 Å². The fraction of sp³-hybridized carbons (Fsp3) is 0.364. The largest absolute Gasteiger partial charge is 0.241 e. The van der Waals surface area contributed by atoms with Crippen molar-refractivity contribution >= 4 is 33.2 Å². The van der Waals surface area contributed by atoms with Crippen LogP contribution in [0, 0.1) is 0 Å². The molecule has 0 fully saturated rings. The van der Waals surface area contributed by atoms with Crippen LogP contribution in [-0.2, 0) is 6.42 Å². The van der Waals surface area contributed by atoms with E-state index in [0.29, 0.717) is 0 Å². The van der Waals surface area contributed by atoms with Gasteiger partial charge in [-0.3, -0.25) is 0 Å². The second kappa shape index (κ2) is 4.28. The molecule has 0 saturated carbocycles. The Morgan fingerprint density at radius 1 is 1.43 bits per heavy atom. The van der Waals surface area contributed by atoms with Crippen molar-refractivity contribution in [1.82, 2.24) is 4.98 Å². The Bertz CT molecular complexity index is 389. The molecule has 0 aliphatic carbocycles. The summed E-state index contributed by atoms with van der Waals surface area (Å²) in [7, 11) is 0. The zero-order chi connectivity index (χ0) is 9.97. The summed E-state index contributed by atoms with van der Waals surface area (Å²) >= 11 is 7.67. The third-order valence-corrected chi connectivity index (χ3v) is 3.41. The number of para-hydroxylation sites is 1. The number of rotatable bonds is 3. The van der Waals surface area contributed by atoms with Gasteiger partial charge in [0.25, 0.3) is 0 Å². The molecule has 0 amide bonds. The Morgan fingerprint density at radius 3 is 2.93 bits per heavy atom. The highest BCUT2D eigenvalue weighted by Gasteiger charge is 2.04. The zero-order valence-electron chi connectivity index (χ0n) is 8.03. The molecule has 0 aliphatic heterocycles. The fourth-order valence-electron chi connectivity index (χ4n) is 1.35. The van der Waals surface area contributed by atoms with Crippen LogP contribution in [0.1, 0.15) is 18.4 Å². The lowest BCUT2D eigenvalue weighted by atomic mass is 10.2. The maximum absolute atomic E-state index is 5.90. The SMILES string of the molecule is CC(Cl)CCc1nc2ccccc2s1. The second-order valence-corrected chi connectivity index (χ2v) is 5.26. The van der Waals surface area contributed by atoms with Gasteiger partial charge in [-0.1, -0.05) is 12.1 Å². The summed E-state index contributed by atoms with van der Waals surface area (Å²) in [5, 5.41) is 1.43. The maximum Gasteiger partial charge on any atom is 0.0939 e. The number of thiazole rings is 1. The third kappa shape index (κ3) is 2.25. The van der Waals surface area contributed by atoms with Crippen LogP contribution in [0.15, 0.2) is 24.3 Å². The first-order valence-corrected chi connectivity index (χ1v) is 5.99. The van der Waals surface area contributed by atoms with Gasteiger partial charge in [-0.2, -0.15) is 0 Å². The summed E-state index contributed by atoms with van der Waals surface area (Å²) in [6, 6.07) is 8.24. The van der Waals surface area contributed by atoms with Crippen LogP contribution >= 0.6 is 22.9 Å². The number of hydrogen-bond acceptors (Lipinski definition) is 2. The van der Waals surface area contributed by atoms with Gasteiger partial charge in [-0.15, -0.1) is 22.9 Å². The van der Waals surface area contributed by atoms with E-state index in [0.717, 1.165) is 18.4 Å². The van der Waals surface area contributed by atoms with E-state index >= 15 is 0 Å². The number of nitrogens with zero attached hydrogens (tertiary/aromatic N) is 1. The number of fused-ring (bicyclic) bond motifs is 1. The summed E-state index contributed by atoms with van der Waals surface area (Å²) in [6.45, 7) is 2.02. The van der Waals surface area contributed by atoms with Crippen molar-refractivity contribution in [2.24, 2.45) is 0 Å². The first-order valence-electron chi connectivity index (χ1n) is 4.74. The molecule has 1 aromatic heterocycles. The van der Waals surface area contributed by atoms with Crippen molar-refractivity contribution in [2.45, 2.75) is 25.1 Å². The second-order valence-electron chi connectivity index (χ2n) is 3.39. The van der Waals surface area contributed by atoms with Crippen molar-refractivity contribution in [3.05, 3.63) is 29.3 Å². The maximum atomic E-state index is 5.90. The molecule has 0 bridgehead atoms. The highest BCUT2D eigenvalue weighted by molar-refractivity contribution is 7.18. The average molecular weight is 226 g/mol. The van der Waals surface area contributed by atoms with Gasteiger partial charge in [0.1, 0.15) is 0 Å². The highest BCUT2D eigenvalue weighted by atomic mass is 35.5. The van der Waals surface area contributed by atoms with E-state index in [1.165, 1.54) is 9.71 Å². The Hall–Kier alpha value is -0.600. The van der Waals surface area contributed by atoms with Crippen molar-refractivity contribution in [3.8, 4) is 0 Å². The molecule has 2 aromatic rings. The molecule has 1 unspecified atom stereocenters. The van der Waals surface area contributed by atoms with Gasteiger partial charge in [-0.05, 0) is 25.5 Å². The highest BCUT2D eigenvalue weighted by Crippen LogP contribution is 2.23. The number of aromatic nitrogens is 1. The Kier molecular flexibility index (Phi) is 3.04. The van der Waals surface area contributed by atoms with Gasteiger partial charge in [0.2, 0.25) is 0 Å². The number of benzene rings is 1. The van der Waals surface area contributed by atoms with Crippen LogP contribution < -0.4 is 0 Å². The lowest BCUT2D eigenvalue weighted by molar-refractivity contribution is 0.799. The quantitative estimate of drug-likeness (QED) is 0.723. The lowest BCUT2D eigenvalue weighted by Crippen LogP contribution is -1.93. The molecule has 14 heavy (non-hydrogen) atoms. The zero-order valence-corrected chi connectivity index (χ0v) is 9.61. The summed E-state index contributed by atoms with van der Waals surface area (Å²) in [5.41, 5.74) is 1.11. The van der Waals surface area contributed by atoms with E-state index in [9.17, 15) is 0 Å². The topological polar surface area (TPSA) is 12.9 Å². The molecule has 1 heterocycles.